The van der Waals surface area contributed by atoms with Crippen LogP contribution in [-0.4, -0.2) is 49.6 Å². The maximum atomic E-state index is 13.3. The predicted octanol–water partition coefficient (Wildman–Crippen LogP) is 3.73. The Morgan fingerprint density at radius 3 is 2.34 bits per heavy atom. The van der Waals surface area contributed by atoms with Crippen molar-refractivity contribution in [1.29, 1.82) is 0 Å². The van der Waals surface area contributed by atoms with E-state index >= 15 is 0 Å². The number of carbonyl (C=O) groups excluding carboxylic acids is 2. The van der Waals surface area contributed by atoms with E-state index in [1.54, 1.807) is 0 Å². The summed E-state index contributed by atoms with van der Waals surface area (Å²) >= 11 is 6.50. The molecule has 3 rings (SSSR count). The lowest BCUT2D eigenvalue weighted by molar-refractivity contribution is -0.129. The van der Waals surface area contributed by atoms with Gasteiger partial charge in [0.25, 0.3) is 0 Å². The molecule has 7 heteroatoms. The molecule has 0 bridgehead atoms. The fourth-order valence-electron chi connectivity index (χ4n) is 3.91. The second-order valence-electron chi connectivity index (χ2n) is 8.44. The van der Waals surface area contributed by atoms with Gasteiger partial charge in [-0.05, 0) is 23.1 Å². The predicted molar refractivity (Wildman–Crippen MR) is 126 cm³/mol. The number of halogens is 1. The van der Waals surface area contributed by atoms with Gasteiger partial charge in [-0.3, -0.25) is 14.5 Å². The Kier molecular flexibility index (Phi) is 9.09. The molecule has 2 atom stereocenters. The summed E-state index contributed by atoms with van der Waals surface area (Å²) in [7, 11) is 0. The molecule has 32 heavy (non-hydrogen) atoms. The zero-order valence-electron chi connectivity index (χ0n) is 18.7. The molecular weight excluding hydrogens is 426 g/mol. The summed E-state index contributed by atoms with van der Waals surface area (Å²) in [5, 5.41) is 6.65. The minimum Gasteiger partial charge on any atom is -0.379 e. The third-order valence-electron chi connectivity index (χ3n) is 5.51. The fourth-order valence-corrected chi connectivity index (χ4v) is 4.17. The highest BCUT2D eigenvalue weighted by molar-refractivity contribution is 6.31. The van der Waals surface area contributed by atoms with Crippen LogP contribution in [0.2, 0.25) is 5.02 Å². The van der Waals surface area contributed by atoms with Crippen molar-refractivity contribution in [3.63, 3.8) is 0 Å². The summed E-state index contributed by atoms with van der Waals surface area (Å²) in [5.74, 6) is -0.168. The second-order valence-corrected chi connectivity index (χ2v) is 8.85. The maximum Gasteiger partial charge on any atom is 0.247 e. The van der Waals surface area contributed by atoms with Crippen LogP contribution in [0.3, 0.4) is 0 Å². The summed E-state index contributed by atoms with van der Waals surface area (Å²) in [4.78, 5) is 28.0. The Morgan fingerprint density at radius 1 is 1.03 bits per heavy atom. The van der Waals surface area contributed by atoms with Crippen LogP contribution in [0.15, 0.2) is 54.6 Å². The van der Waals surface area contributed by atoms with Gasteiger partial charge < -0.3 is 15.4 Å². The highest BCUT2D eigenvalue weighted by atomic mass is 35.5. The molecule has 172 valence electrons. The van der Waals surface area contributed by atoms with Crippen molar-refractivity contribution in [3.05, 3.63) is 70.7 Å². The number of rotatable bonds is 9. The normalized spacial score (nSPS) is 16.4. The molecule has 6 nitrogen and oxygen atoms in total. The molecule has 2 aromatic rings. The van der Waals surface area contributed by atoms with Crippen LogP contribution in [0.1, 0.15) is 43.5 Å². The van der Waals surface area contributed by atoms with E-state index in [-0.39, 0.29) is 23.8 Å². The van der Waals surface area contributed by atoms with Gasteiger partial charge in [0.15, 0.2) is 0 Å². The van der Waals surface area contributed by atoms with Crippen molar-refractivity contribution < 1.29 is 14.3 Å². The molecule has 0 aromatic heterocycles. The van der Waals surface area contributed by atoms with Gasteiger partial charge >= 0.3 is 0 Å². The van der Waals surface area contributed by atoms with Crippen molar-refractivity contribution >= 4 is 23.4 Å². The minimum atomic E-state index is -0.751. The van der Waals surface area contributed by atoms with E-state index in [9.17, 15) is 9.59 Å². The van der Waals surface area contributed by atoms with Crippen LogP contribution in [0, 0.1) is 5.92 Å². The number of carbonyl (C=O) groups is 2. The Hall–Kier alpha value is -2.41. The molecule has 1 aliphatic heterocycles. The van der Waals surface area contributed by atoms with Crippen molar-refractivity contribution in [1.82, 2.24) is 15.5 Å². The molecule has 1 aliphatic rings. The molecule has 2 amide bonds. The van der Waals surface area contributed by atoms with E-state index in [2.05, 4.69) is 15.5 Å². The smallest absolute Gasteiger partial charge is 0.247 e. The molecule has 0 radical (unpaired) electrons. The van der Waals surface area contributed by atoms with Gasteiger partial charge in [-0.2, -0.15) is 0 Å². The van der Waals surface area contributed by atoms with Crippen LogP contribution in [0.5, 0.6) is 0 Å². The number of benzene rings is 2. The Labute approximate surface area is 195 Å². The molecule has 1 heterocycles. The molecule has 2 N–H and O–H groups in total. The summed E-state index contributed by atoms with van der Waals surface area (Å²) in [5.41, 5.74) is 1.72. The highest BCUT2D eigenvalue weighted by Gasteiger charge is 2.28. The van der Waals surface area contributed by atoms with E-state index in [0.29, 0.717) is 31.2 Å². The van der Waals surface area contributed by atoms with Gasteiger partial charge in [-0.25, -0.2) is 0 Å². The van der Waals surface area contributed by atoms with Crippen LogP contribution in [0.4, 0.5) is 0 Å². The van der Waals surface area contributed by atoms with Crippen LogP contribution in [0.25, 0.3) is 0 Å². The van der Waals surface area contributed by atoms with Crippen LogP contribution in [-0.2, 0) is 14.3 Å². The monoisotopic (exact) mass is 457 g/mol. The van der Waals surface area contributed by atoms with Gasteiger partial charge in [-0.15, -0.1) is 0 Å². The molecule has 0 aliphatic carbocycles. The van der Waals surface area contributed by atoms with Gasteiger partial charge in [0.05, 0.1) is 19.3 Å². The zero-order valence-corrected chi connectivity index (χ0v) is 19.5. The van der Waals surface area contributed by atoms with Crippen molar-refractivity contribution in [2.75, 3.05) is 32.8 Å². The van der Waals surface area contributed by atoms with Gasteiger partial charge in [-0.1, -0.05) is 74.0 Å². The first-order chi connectivity index (χ1) is 15.5. The zero-order chi connectivity index (χ0) is 22.9. The lowest BCUT2D eigenvalue weighted by Crippen LogP contribution is -2.46. The Balaban J connectivity index is 1.77. The van der Waals surface area contributed by atoms with Crippen LogP contribution < -0.4 is 10.6 Å². The number of hydrogen-bond acceptors (Lipinski definition) is 4. The van der Waals surface area contributed by atoms with E-state index in [4.69, 9.17) is 16.3 Å². The fraction of sp³-hybridized carbons (Fsp3) is 0.440. The molecular formula is C25H32ClN3O3. The van der Waals surface area contributed by atoms with Crippen LogP contribution >= 0.6 is 11.6 Å². The summed E-state index contributed by atoms with van der Waals surface area (Å²) in [6, 6.07) is 16.2. The average molecular weight is 458 g/mol. The largest absolute Gasteiger partial charge is 0.379 e. The molecule has 1 saturated heterocycles. The van der Waals surface area contributed by atoms with Gasteiger partial charge in [0.1, 0.15) is 6.04 Å². The van der Waals surface area contributed by atoms with Crippen molar-refractivity contribution in [2.45, 2.75) is 32.4 Å². The molecule has 1 fully saturated rings. The lowest BCUT2D eigenvalue weighted by Gasteiger charge is -2.35. The number of hydrogen-bond donors (Lipinski definition) is 2. The third-order valence-corrected chi connectivity index (χ3v) is 5.86. The number of morpholine rings is 1. The third kappa shape index (κ3) is 6.79. The van der Waals surface area contributed by atoms with Gasteiger partial charge in [0.2, 0.25) is 11.8 Å². The Morgan fingerprint density at radius 2 is 1.69 bits per heavy atom. The van der Waals surface area contributed by atoms with E-state index < -0.39 is 6.04 Å². The number of nitrogens with zero attached hydrogens (tertiary/aromatic N) is 1. The number of amides is 2. The second kappa shape index (κ2) is 12.0. The molecule has 2 aromatic carbocycles. The van der Waals surface area contributed by atoms with Crippen molar-refractivity contribution in [2.24, 2.45) is 5.92 Å². The summed E-state index contributed by atoms with van der Waals surface area (Å²) in [6.45, 7) is 7.16. The first-order valence-electron chi connectivity index (χ1n) is 11.1. The quantitative estimate of drug-likeness (QED) is 0.601. The highest BCUT2D eigenvalue weighted by Crippen LogP contribution is 2.28. The standard InChI is InChI=1S/C25H32ClN3O3/c1-18(2)16-23(30)28-24(19-8-4-3-5-9-19)25(31)27-17-22(29-12-14-32-15-13-29)20-10-6-7-11-21(20)26/h3-11,18,22,24H,12-17H2,1-2H3,(H,27,31)(H,28,30). The summed E-state index contributed by atoms with van der Waals surface area (Å²) < 4.78 is 5.50. The topological polar surface area (TPSA) is 70.7 Å². The first-order valence-corrected chi connectivity index (χ1v) is 11.5. The van der Waals surface area contributed by atoms with E-state index in [1.807, 2.05) is 68.4 Å². The first kappa shape index (κ1) is 24.2. The number of nitrogens with one attached hydrogen (secondary N) is 2. The number of ether oxygens (including phenoxy) is 1. The summed E-state index contributed by atoms with van der Waals surface area (Å²) in [6.07, 6.45) is 0.368. The average Bonchev–Trinajstić information content (AvgIpc) is 2.79. The van der Waals surface area contributed by atoms with E-state index in [1.165, 1.54) is 0 Å². The Bertz CT molecular complexity index is 885. The SMILES string of the molecule is CC(C)CC(=O)NC(C(=O)NCC(c1ccccc1Cl)N1CCOCC1)c1ccccc1. The van der Waals surface area contributed by atoms with Crippen molar-refractivity contribution in [3.8, 4) is 0 Å². The lowest BCUT2D eigenvalue weighted by atomic mass is 10.0. The maximum absolute atomic E-state index is 13.3. The van der Waals surface area contributed by atoms with E-state index in [0.717, 1.165) is 24.2 Å². The molecule has 0 saturated carbocycles. The molecule has 2 unspecified atom stereocenters. The molecule has 0 spiro atoms. The minimum absolute atomic E-state index is 0.0839. The van der Waals surface area contributed by atoms with Gasteiger partial charge in [0, 0.05) is 31.1 Å².